The molecule has 1 saturated heterocycles. The summed E-state index contributed by atoms with van der Waals surface area (Å²) in [6.45, 7) is 3.50. The average Bonchev–Trinajstić information content (AvgIpc) is 2.46. The zero-order chi connectivity index (χ0) is 14.7. The normalized spacial score (nSPS) is 15.8. The number of rotatable bonds is 2. The monoisotopic (exact) mass is 287 g/mol. The van der Waals surface area contributed by atoms with Gasteiger partial charge in [-0.15, -0.1) is 12.6 Å². The molecule has 2 heterocycles. The van der Waals surface area contributed by atoms with Gasteiger partial charge in [0.25, 0.3) is 0 Å². The maximum Gasteiger partial charge on any atom is 0.148 e. The van der Waals surface area contributed by atoms with E-state index in [-0.39, 0.29) is 6.04 Å². The van der Waals surface area contributed by atoms with Crippen molar-refractivity contribution < 1.29 is 0 Å². The van der Waals surface area contributed by atoms with Gasteiger partial charge in [0.1, 0.15) is 23.0 Å². The molecule has 2 rings (SSSR count). The number of nitriles is 2. The summed E-state index contributed by atoms with van der Waals surface area (Å²) in [5, 5.41) is 19.1. The highest BCUT2D eigenvalue weighted by Gasteiger charge is 2.24. The van der Waals surface area contributed by atoms with Gasteiger partial charge in [-0.2, -0.15) is 10.5 Å². The number of nitrogens with two attached hydrogens (primary N) is 1. The minimum absolute atomic E-state index is 0.219. The molecule has 2 N–H and O–H groups in total. The molecule has 0 amide bonds. The number of pyridine rings is 1. The molecule has 0 unspecified atom stereocenters. The van der Waals surface area contributed by atoms with Crippen LogP contribution < -0.4 is 10.6 Å². The third-order valence-corrected chi connectivity index (χ3v) is 4.00. The van der Waals surface area contributed by atoms with E-state index < -0.39 is 0 Å². The van der Waals surface area contributed by atoms with Gasteiger partial charge in [-0.3, -0.25) is 0 Å². The lowest BCUT2D eigenvalue weighted by atomic mass is 10.00. The quantitative estimate of drug-likeness (QED) is 0.806. The van der Waals surface area contributed by atoms with Gasteiger partial charge in [0.2, 0.25) is 0 Å². The van der Waals surface area contributed by atoms with Gasteiger partial charge in [0.15, 0.2) is 0 Å². The molecule has 1 aliphatic rings. The van der Waals surface area contributed by atoms with E-state index in [1.165, 1.54) is 0 Å². The van der Waals surface area contributed by atoms with Crippen LogP contribution in [0.25, 0.3) is 0 Å². The first-order chi connectivity index (χ1) is 9.62. The largest absolute Gasteiger partial charge is 0.355 e. The molecular weight excluding hydrogens is 270 g/mol. The second kappa shape index (κ2) is 6.13. The Morgan fingerprint density at radius 3 is 2.40 bits per heavy atom. The van der Waals surface area contributed by atoms with Crippen LogP contribution in [0.5, 0.6) is 0 Å². The zero-order valence-electron chi connectivity index (χ0n) is 11.4. The Balaban J connectivity index is 2.52. The van der Waals surface area contributed by atoms with Crippen molar-refractivity contribution in [3.05, 3.63) is 16.7 Å². The van der Waals surface area contributed by atoms with Crippen molar-refractivity contribution in [2.24, 2.45) is 5.73 Å². The van der Waals surface area contributed by atoms with Crippen molar-refractivity contribution in [2.45, 2.75) is 37.3 Å². The summed E-state index contributed by atoms with van der Waals surface area (Å²) >= 11 is 4.30. The number of hydrogen-bond acceptors (Lipinski definition) is 6. The van der Waals surface area contributed by atoms with Gasteiger partial charge in [0.05, 0.1) is 11.1 Å². The Hall–Kier alpha value is -1.76. The van der Waals surface area contributed by atoms with Crippen LogP contribution in [0.3, 0.4) is 0 Å². The van der Waals surface area contributed by atoms with E-state index >= 15 is 0 Å². The molecule has 20 heavy (non-hydrogen) atoms. The summed E-state index contributed by atoms with van der Waals surface area (Å²) in [4.78, 5) is 6.45. The fraction of sp³-hybridized carbons (Fsp3) is 0.500. The molecule has 1 fully saturated rings. The molecule has 0 bridgehead atoms. The number of hydrogen-bond donors (Lipinski definition) is 2. The van der Waals surface area contributed by atoms with Crippen LogP contribution in [0.4, 0.5) is 5.82 Å². The summed E-state index contributed by atoms with van der Waals surface area (Å²) in [5.74, 6) is 0.639. The highest BCUT2D eigenvalue weighted by atomic mass is 32.1. The van der Waals surface area contributed by atoms with Crippen molar-refractivity contribution in [2.75, 3.05) is 18.0 Å². The van der Waals surface area contributed by atoms with Crippen molar-refractivity contribution in [3.63, 3.8) is 0 Å². The topological polar surface area (TPSA) is 89.7 Å². The molecule has 1 aromatic rings. The van der Waals surface area contributed by atoms with Crippen LogP contribution in [-0.4, -0.2) is 24.1 Å². The van der Waals surface area contributed by atoms with Crippen molar-refractivity contribution >= 4 is 18.4 Å². The molecule has 5 nitrogen and oxygen atoms in total. The summed E-state index contributed by atoms with van der Waals surface area (Å²) < 4.78 is 0. The zero-order valence-corrected chi connectivity index (χ0v) is 12.3. The predicted molar refractivity (Wildman–Crippen MR) is 79.7 cm³/mol. The van der Waals surface area contributed by atoms with Crippen LogP contribution in [0.15, 0.2) is 5.03 Å². The molecular formula is C14H17N5S. The molecule has 1 aromatic heterocycles. The van der Waals surface area contributed by atoms with Crippen LogP contribution in [0.2, 0.25) is 0 Å². The maximum absolute atomic E-state index is 9.45. The first-order valence-electron chi connectivity index (χ1n) is 6.68. The average molecular weight is 287 g/mol. The number of piperidine rings is 1. The van der Waals surface area contributed by atoms with Crippen LogP contribution >= 0.6 is 12.6 Å². The van der Waals surface area contributed by atoms with Gasteiger partial charge in [-0.25, -0.2) is 4.98 Å². The first-order valence-corrected chi connectivity index (χ1v) is 7.13. The van der Waals surface area contributed by atoms with Crippen LogP contribution in [0.1, 0.15) is 36.5 Å². The molecule has 1 aliphatic heterocycles. The van der Waals surface area contributed by atoms with Gasteiger partial charge < -0.3 is 10.6 Å². The molecule has 0 saturated carbocycles. The molecule has 0 aromatic carbocycles. The highest BCUT2D eigenvalue weighted by molar-refractivity contribution is 7.80. The van der Waals surface area contributed by atoms with Gasteiger partial charge >= 0.3 is 0 Å². The van der Waals surface area contributed by atoms with E-state index in [2.05, 4.69) is 34.7 Å². The van der Waals surface area contributed by atoms with Gasteiger partial charge in [0, 0.05) is 19.1 Å². The summed E-state index contributed by atoms with van der Waals surface area (Å²) in [7, 11) is 0. The lowest BCUT2D eigenvalue weighted by Gasteiger charge is -2.32. The van der Waals surface area contributed by atoms with E-state index in [0.29, 0.717) is 28.4 Å². The first kappa shape index (κ1) is 14.6. The van der Waals surface area contributed by atoms with Crippen molar-refractivity contribution in [3.8, 4) is 12.1 Å². The Kier molecular flexibility index (Phi) is 4.49. The van der Waals surface area contributed by atoms with E-state index in [9.17, 15) is 10.5 Å². The maximum atomic E-state index is 9.45. The lowest BCUT2D eigenvalue weighted by Crippen LogP contribution is -2.40. The van der Waals surface area contributed by atoms with Gasteiger partial charge in [-0.05, 0) is 24.8 Å². The van der Waals surface area contributed by atoms with Crippen LogP contribution in [0, 0.1) is 22.7 Å². The molecule has 6 heteroatoms. The molecule has 104 valence electrons. The smallest absolute Gasteiger partial charge is 0.148 e. The SMILES string of the molecule is CCc1c(C#N)c(S)nc(N2CCC(N)CC2)c1C#N. The lowest BCUT2D eigenvalue weighted by molar-refractivity contribution is 0.497. The second-order valence-corrected chi connectivity index (χ2v) is 5.31. The molecule has 0 atom stereocenters. The summed E-state index contributed by atoms with van der Waals surface area (Å²) in [6, 6.07) is 4.52. The Bertz CT molecular complexity index is 591. The fourth-order valence-electron chi connectivity index (χ4n) is 2.54. The highest BCUT2D eigenvalue weighted by Crippen LogP contribution is 2.29. The van der Waals surface area contributed by atoms with E-state index in [1.807, 2.05) is 6.92 Å². The summed E-state index contributed by atoms with van der Waals surface area (Å²) in [5.41, 5.74) is 7.55. The van der Waals surface area contributed by atoms with E-state index in [1.54, 1.807) is 0 Å². The van der Waals surface area contributed by atoms with E-state index in [4.69, 9.17) is 5.73 Å². The molecule has 0 spiro atoms. The Labute approximate surface area is 124 Å². The minimum atomic E-state index is 0.219. The molecule has 0 radical (unpaired) electrons. The molecule has 0 aliphatic carbocycles. The van der Waals surface area contributed by atoms with E-state index in [0.717, 1.165) is 31.5 Å². The van der Waals surface area contributed by atoms with Crippen molar-refractivity contribution in [1.82, 2.24) is 4.98 Å². The number of nitrogens with zero attached hydrogens (tertiary/aromatic N) is 4. The van der Waals surface area contributed by atoms with Crippen LogP contribution in [-0.2, 0) is 6.42 Å². The number of aromatic nitrogens is 1. The third kappa shape index (κ3) is 2.58. The number of anilines is 1. The van der Waals surface area contributed by atoms with Gasteiger partial charge in [-0.1, -0.05) is 6.92 Å². The summed E-state index contributed by atoms with van der Waals surface area (Å²) in [6.07, 6.45) is 2.38. The Morgan fingerprint density at radius 1 is 1.30 bits per heavy atom. The standard InChI is InChI=1S/C14H17N5S/c1-2-10-11(7-15)13(18-14(20)12(10)8-16)19-5-3-9(17)4-6-19/h9H,2-6,17H2,1H3,(H,18,20). The second-order valence-electron chi connectivity index (χ2n) is 4.89. The minimum Gasteiger partial charge on any atom is -0.355 e. The fourth-order valence-corrected chi connectivity index (χ4v) is 2.82. The van der Waals surface area contributed by atoms with Crippen molar-refractivity contribution in [1.29, 1.82) is 10.5 Å². The Morgan fingerprint density at radius 2 is 1.90 bits per heavy atom. The number of thiol groups is 1. The third-order valence-electron chi connectivity index (χ3n) is 3.68. The predicted octanol–water partition coefficient (Wildman–Crippen LogP) is 1.60.